The van der Waals surface area contributed by atoms with Crippen LogP contribution in [0.2, 0.25) is 0 Å². The van der Waals surface area contributed by atoms with Gasteiger partial charge in [-0.05, 0) is 37.1 Å². The molecule has 25 heavy (non-hydrogen) atoms. The summed E-state index contributed by atoms with van der Waals surface area (Å²) in [5.41, 5.74) is 6.10. The van der Waals surface area contributed by atoms with Gasteiger partial charge in [-0.25, -0.2) is 0 Å². The van der Waals surface area contributed by atoms with Gasteiger partial charge in [-0.1, -0.05) is 12.1 Å². The van der Waals surface area contributed by atoms with Gasteiger partial charge in [-0.3, -0.25) is 9.69 Å². The SMILES string of the molecule is Cl.NCCNC(=O)C1CCCN(Cc2cccc(OC(F)(F)F)c2)C1. The Hall–Kier alpha value is -1.51. The van der Waals surface area contributed by atoms with Gasteiger partial charge >= 0.3 is 6.36 Å². The molecule has 9 heteroatoms. The molecule has 1 aliphatic heterocycles. The van der Waals surface area contributed by atoms with Crippen LogP contribution in [0.5, 0.6) is 5.75 Å². The number of rotatable bonds is 6. The Kier molecular flexibility index (Phi) is 8.47. The molecule has 0 bridgehead atoms. The zero-order chi connectivity index (χ0) is 17.6. The number of carbonyl (C=O) groups is 1. The number of carbonyl (C=O) groups excluding carboxylic acids is 1. The van der Waals surface area contributed by atoms with Crippen LogP contribution < -0.4 is 15.8 Å². The predicted octanol–water partition coefficient (Wildman–Crippen LogP) is 2.29. The highest BCUT2D eigenvalue weighted by molar-refractivity contribution is 5.85. The van der Waals surface area contributed by atoms with Gasteiger partial charge in [-0.15, -0.1) is 25.6 Å². The molecule has 3 N–H and O–H groups in total. The monoisotopic (exact) mass is 381 g/mol. The maximum Gasteiger partial charge on any atom is 0.573 e. The van der Waals surface area contributed by atoms with Gasteiger partial charge in [0.1, 0.15) is 5.75 Å². The van der Waals surface area contributed by atoms with Crippen molar-refractivity contribution in [2.45, 2.75) is 25.7 Å². The summed E-state index contributed by atoms with van der Waals surface area (Å²) in [5.74, 6) is -0.353. The molecule has 1 saturated heterocycles. The summed E-state index contributed by atoms with van der Waals surface area (Å²) >= 11 is 0. The fourth-order valence-corrected chi connectivity index (χ4v) is 2.85. The third kappa shape index (κ3) is 7.50. The molecule has 1 aromatic rings. The molecule has 5 nitrogen and oxygen atoms in total. The van der Waals surface area contributed by atoms with Gasteiger partial charge < -0.3 is 15.8 Å². The fourth-order valence-electron chi connectivity index (χ4n) is 2.85. The Bertz CT molecular complexity index is 558. The van der Waals surface area contributed by atoms with Crippen molar-refractivity contribution in [1.82, 2.24) is 10.2 Å². The number of hydrogen-bond donors (Lipinski definition) is 2. The molecule has 1 aromatic carbocycles. The molecule has 0 radical (unpaired) electrons. The molecule has 142 valence electrons. The van der Waals surface area contributed by atoms with Crippen molar-refractivity contribution in [2.75, 3.05) is 26.2 Å². The van der Waals surface area contributed by atoms with Crippen molar-refractivity contribution in [1.29, 1.82) is 0 Å². The summed E-state index contributed by atoms with van der Waals surface area (Å²) in [4.78, 5) is 14.1. The zero-order valence-corrected chi connectivity index (χ0v) is 14.5. The van der Waals surface area contributed by atoms with Crippen molar-refractivity contribution >= 4 is 18.3 Å². The number of halogens is 4. The topological polar surface area (TPSA) is 67.6 Å². The minimum Gasteiger partial charge on any atom is -0.406 e. The van der Waals surface area contributed by atoms with Crippen LogP contribution in [0.4, 0.5) is 13.2 Å². The highest BCUT2D eigenvalue weighted by Gasteiger charge is 2.31. The van der Waals surface area contributed by atoms with Gasteiger partial charge in [0.15, 0.2) is 0 Å². The summed E-state index contributed by atoms with van der Waals surface area (Å²) in [5, 5.41) is 2.79. The Morgan fingerprint density at radius 1 is 1.40 bits per heavy atom. The molecular weight excluding hydrogens is 359 g/mol. The number of nitrogens with two attached hydrogens (primary N) is 1. The van der Waals surface area contributed by atoms with E-state index >= 15 is 0 Å². The van der Waals surface area contributed by atoms with Crippen LogP contribution in [-0.2, 0) is 11.3 Å². The van der Waals surface area contributed by atoms with Gasteiger partial charge in [0.25, 0.3) is 0 Å². The molecule has 1 heterocycles. The lowest BCUT2D eigenvalue weighted by molar-refractivity contribution is -0.274. The summed E-state index contributed by atoms with van der Waals surface area (Å²) in [7, 11) is 0. The number of alkyl halides is 3. The maximum absolute atomic E-state index is 12.3. The van der Waals surface area contributed by atoms with Gasteiger partial charge in [0.05, 0.1) is 5.92 Å². The molecule has 0 aliphatic carbocycles. The van der Waals surface area contributed by atoms with E-state index in [1.807, 2.05) is 0 Å². The van der Waals surface area contributed by atoms with Gasteiger partial charge in [0.2, 0.25) is 5.91 Å². The lowest BCUT2D eigenvalue weighted by atomic mass is 9.96. The van der Waals surface area contributed by atoms with Crippen molar-refractivity contribution in [3.8, 4) is 5.75 Å². The average molecular weight is 382 g/mol. The Labute approximate surface area is 151 Å². The number of hydrogen-bond acceptors (Lipinski definition) is 4. The van der Waals surface area contributed by atoms with Gasteiger partial charge in [0, 0.05) is 26.2 Å². The number of nitrogens with zero attached hydrogens (tertiary/aromatic N) is 1. The van der Waals surface area contributed by atoms with Crippen LogP contribution in [0.25, 0.3) is 0 Å². The standard InChI is InChI=1S/C16H22F3N3O2.ClH/c17-16(18,19)24-14-5-1-3-12(9-14)10-22-8-2-4-13(11-22)15(23)21-7-6-20;/h1,3,5,9,13H,2,4,6-8,10-11,20H2,(H,21,23);1H. The number of amides is 1. The van der Waals surface area contributed by atoms with E-state index in [9.17, 15) is 18.0 Å². The summed E-state index contributed by atoms with van der Waals surface area (Å²) in [6.07, 6.45) is -3.01. The number of piperidine rings is 1. The van der Waals surface area contributed by atoms with Crippen molar-refractivity contribution in [2.24, 2.45) is 11.7 Å². The lowest BCUT2D eigenvalue weighted by Gasteiger charge is -2.32. The van der Waals surface area contributed by atoms with E-state index in [0.717, 1.165) is 24.9 Å². The number of nitrogens with one attached hydrogen (secondary N) is 1. The molecule has 0 spiro atoms. The second-order valence-electron chi connectivity index (χ2n) is 5.85. The molecule has 1 unspecified atom stereocenters. The van der Waals surface area contributed by atoms with Crippen LogP contribution in [0.3, 0.4) is 0 Å². The van der Waals surface area contributed by atoms with E-state index in [-0.39, 0.29) is 30.0 Å². The molecule has 0 saturated carbocycles. The summed E-state index contributed by atoms with van der Waals surface area (Å²) in [6, 6.07) is 5.94. The van der Waals surface area contributed by atoms with E-state index in [0.29, 0.717) is 26.2 Å². The van der Waals surface area contributed by atoms with Crippen LogP contribution in [0.1, 0.15) is 18.4 Å². The normalized spacial score (nSPS) is 18.3. The van der Waals surface area contributed by atoms with E-state index in [2.05, 4.69) is 15.0 Å². The van der Waals surface area contributed by atoms with E-state index in [1.165, 1.54) is 18.2 Å². The quantitative estimate of drug-likeness (QED) is 0.793. The smallest absolute Gasteiger partial charge is 0.406 e. The summed E-state index contributed by atoms with van der Waals surface area (Å²) < 4.78 is 40.8. The number of ether oxygens (including phenoxy) is 1. The number of likely N-dealkylation sites (tertiary alicyclic amines) is 1. The molecule has 0 aromatic heterocycles. The molecule has 2 rings (SSSR count). The minimum atomic E-state index is -4.70. The Morgan fingerprint density at radius 3 is 2.84 bits per heavy atom. The van der Waals surface area contributed by atoms with Crippen molar-refractivity contribution in [3.63, 3.8) is 0 Å². The molecule has 1 aliphatic rings. The largest absolute Gasteiger partial charge is 0.573 e. The van der Waals surface area contributed by atoms with Crippen LogP contribution >= 0.6 is 12.4 Å². The lowest BCUT2D eigenvalue weighted by Crippen LogP contribution is -2.43. The fraction of sp³-hybridized carbons (Fsp3) is 0.562. The molecule has 1 fully saturated rings. The van der Waals surface area contributed by atoms with E-state index < -0.39 is 6.36 Å². The summed E-state index contributed by atoms with van der Waals surface area (Å²) in [6.45, 7) is 2.72. The average Bonchev–Trinajstić information content (AvgIpc) is 2.51. The second kappa shape index (κ2) is 9.84. The third-order valence-electron chi connectivity index (χ3n) is 3.86. The van der Waals surface area contributed by atoms with Crippen molar-refractivity contribution < 1.29 is 22.7 Å². The van der Waals surface area contributed by atoms with Gasteiger partial charge in [-0.2, -0.15) is 0 Å². The minimum absolute atomic E-state index is 0. The third-order valence-corrected chi connectivity index (χ3v) is 3.86. The zero-order valence-electron chi connectivity index (χ0n) is 13.7. The first-order valence-corrected chi connectivity index (χ1v) is 7.92. The Balaban J connectivity index is 0.00000312. The highest BCUT2D eigenvalue weighted by atomic mass is 35.5. The first-order valence-electron chi connectivity index (χ1n) is 7.92. The van der Waals surface area contributed by atoms with Crippen molar-refractivity contribution in [3.05, 3.63) is 29.8 Å². The second-order valence-corrected chi connectivity index (χ2v) is 5.85. The first-order chi connectivity index (χ1) is 11.4. The maximum atomic E-state index is 12.3. The van der Waals surface area contributed by atoms with E-state index in [4.69, 9.17) is 5.73 Å². The van der Waals surface area contributed by atoms with Crippen LogP contribution in [-0.4, -0.2) is 43.3 Å². The molecule has 1 amide bonds. The molecular formula is C16H23ClF3N3O2. The highest BCUT2D eigenvalue weighted by Crippen LogP contribution is 2.25. The first kappa shape index (κ1) is 21.5. The Morgan fingerprint density at radius 2 is 2.16 bits per heavy atom. The van der Waals surface area contributed by atoms with E-state index in [1.54, 1.807) is 6.07 Å². The van der Waals surface area contributed by atoms with Crippen LogP contribution in [0, 0.1) is 5.92 Å². The predicted molar refractivity (Wildman–Crippen MR) is 90.4 cm³/mol. The molecule has 1 atom stereocenters. The number of benzene rings is 1. The van der Waals surface area contributed by atoms with Crippen LogP contribution in [0.15, 0.2) is 24.3 Å².